The number of aromatic nitrogens is 3. The standard InChI is InChI=1S/C36H48N6O3/c1-24-30(22-32(44)45)34(41-18-12-36(3,4)13-19-41)33(25(2)38-24)28-5-6-29-23-42(17-10-27(29)21-28)35-37-14-7-31(39-35)40-15-8-26(9-16-40)11-20-43/h5-7,14,21,26,43H,8-13,15-20,22-23H2,1-4H3,(H,44,45). The molecular weight excluding hydrogens is 564 g/mol. The van der Waals surface area contributed by atoms with Crippen LogP contribution in [-0.4, -0.2) is 70.5 Å². The molecule has 5 heterocycles. The first-order valence-corrected chi connectivity index (χ1v) is 16.6. The van der Waals surface area contributed by atoms with E-state index >= 15 is 0 Å². The van der Waals surface area contributed by atoms with Crippen LogP contribution in [0.1, 0.15) is 74.0 Å². The minimum absolute atomic E-state index is 0.0268. The van der Waals surface area contributed by atoms with E-state index in [1.54, 1.807) is 0 Å². The predicted molar refractivity (Wildman–Crippen MR) is 179 cm³/mol. The molecule has 0 radical (unpaired) electrons. The van der Waals surface area contributed by atoms with E-state index in [4.69, 9.17) is 9.97 Å². The van der Waals surface area contributed by atoms with Gasteiger partial charge < -0.3 is 24.9 Å². The average molecular weight is 613 g/mol. The topological polar surface area (TPSA) is 106 Å². The lowest BCUT2D eigenvalue weighted by Gasteiger charge is -2.40. The number of pyridine rings is 1. The number of aliphatic hydroxyl groups is 1. The summed E-state index contributed by atoms with van der Waals surface area (Å²) < 4.78 is 0. The molecule has 2 saturated heterocycles. The van der Waals surface area contributed by atoms with Gasteiger partial charge in [-0.2, -0.15) is 4.98 Å². The Morgan fingerprint density at radius 1 is 0.933 bits per heavy atom. The highest BCUT2D eigenvalue weighted by molar-refractivity contribution is 5.86. The number of aliphatic carboxylic acids is 1. The van der Waals surface area contributed by atoms with Crippen molar-refractivity contribution in [1.82, 2.24) is 15.0 Å². The van der Waals surface area contributed by atoms with Gasteiger partial charge in [0.2, 0.25) is 5.95 Å². The molecule has 0 atom stereocenters. The molecule has 0 unspecified atom stereocenters. The van der Waals surface area contributed by atoms with Gasteiger partial charge in [-0.15, -0.1) is 0 Å². The molecular formula is C36H48N6O3. The Morgan fingerprint density at radius 3 is 2.40 bits per heavy atom. The van der Waals surface area contributed by atoms with Crippen LogP contribution in [0.15, 0.2) is 30.5 Å². The highest BCUT2D eigenvalue weighted by atomic mass is 16.4. The Morgan fingerprint density at radius 2 is 1.69 bits per heavy atom. The molecule has 2 N–H and O–H groups in total. The van der Waals surface area contributed by atoms with Gasteiger partial charge in [0.15, 0.2) is 0 Å². The fraction of sp³-hybridized carbons (Fsp3) is 0.556. The summed E-state index contributed by atoms with van der Waals surface area (Å²) in [5, 5.41) is 19.2. The molecule has 6 rings (SSSR count). The van der Waals surface area contributed by atoms with Crippen molar-refractivity contribution in [3.63, 3.8) is 0 Å². The molecule has 0 amide bonds. The Labute approximate surface area is 267 Å². The van der Waals surface area contributed by atoms with Gasteiger partial charge >= 0.3 is 5.97 Å². The SMILES string of the molecule is Cc1nc(C)c(-c2ccc3c(c2)CCN(c2nccc(N4CCC(CCO)CC4)n2)C3)c(N2CCC(C)(C)CC2)c1CC(=O)O. The van der Waals surface area contributed by atoms with Crippen LogP contribution >= 0.6 is 0 Å². The Balaban J connectivity index is 1.26. The normalized spacial score (nSPS) is 18.6. The number of aliphatic hydroxyl groups excluding tert-OH is 1. The Bertz CT molecular complexity index is 1540. The molecule has 3 aliphatic rings. The van der Waals surface area contributed by atoms with E-state index in [2.05, 4.69) is 58.7 Å². The van der Waals surface area contributed by atoms with E-state index in [1.165, 1.54) is 11.1 Å². The number of carboxylic acids is 1. The highest BCUT2D eigenvalue weighted by Gasteiger charge is 2.31. The summed E-state index contributed by atoms with van der Waals surface area (Å²) in [7, 11) is 0. The number of carbonyl (C=O) groups is 1. The highest BCUT2D eigenvalue weighted by Crippen LogP contribution is 2.42. The fourth-order valence-electron chi connectivity index (χ4n) is 7.44. The van der Waals surface area contributed by atoms with Crippen LogP contribution in [0.5, 0.6) is 0 Å². The summed E-state index contributed by atoms with van der Waals surface area (Å²) in [5.74, 6) is 1.53. The second kappa shape index (κ2) is 12.9. The van der Waals surface area contributed by atoms with Crippen molar-refractivity contribution >= 4 is 23.4 Å². The second-order valence-electron chi connectivity index (χ2n) is 14.0. The summed E-state index contributed by atoms with van der Waals surface area (Å²) in [5.41, 5.74) is 8.71. The van der Waals surface area contributed by atoms with E-state index in [0.717, 1.165) is 123 Å². The number of hydrogen-bond donors (Lipinski definition) is 2. The molecule has 0 saturated carbocycles. The molecule has 240 valence electrons. The maximum Gasteiger partial charge on any atom is 0.307 e. The molecule has 0 aliphatic carbocycles. The lowest BCUT2D eigenvalue weighted by molar-refractivity contribution is -0.136. The van der Waals surface area contributed by atoms with Gasteiger partial charge in [-0.25, -0.2) is 4.98 Å². The number of rotatable bonds is 8. The number of aryl methyl sites for hydroxylation is 2. The minimum Gasteiger partial charge on any atom is -0.481 e. The van der Waals surface area contributed by atoms with Crippen molar-refractivity contribution in [2.45, 2.75) is 79.2 Å². The van der Waals surface area contributed by atoms with Crippen LogP contribution in [-0.2, 0) is 24.2 Å². The van der Waals surface area contributed by atoms with Crippen LogP contribution in [0.2, 0.25) is 0 Å². The van der Waals surface area contributed by atoms with Crippen LogP contribution in [0.4, 0.5) is 17.5 Å². The van der Waals surface area contributed by atoms with E-state index in [1.807, 2.05) is 19.2 Å². The lowest BCUT2D eigenvalue weighted by atomic mass is 9.82. The molecule has 9 heteroatoms. The first-order chi connectivity index (χ1) is 21.6. The van der Waals surface area contributed by atoms with E-state index in [9.17, 15) is 15.0 Å². The number of hydrogen-bond acceptors (Lipinski definition) is 8. The van der Waals surface area contributed by atoms with Crippen molar-refractivity contribution in [1.29, 1.82) is 0 Å². The van der Waals surface area contributed by atoms with Crippen molar-refractivity contribution in [3.05, 3.63) is 58.5 Å². The Kier molecular flexibility index (Phi) is 9.00. The maximum absolute atomic E-state index is 12.0. The maximum atomic E-state index is 12.0. The minimum atomic E-state index is -0.823. The quantitative estimate of drug-likeness (QED) is 0.338. The van der Waals surface area contributed by atoms with Gasteiger partial charge in [0, 0.05) is 74.6 Å². The number of piperidine rings is 2. The molecule has 9 nitrogen and oxygen atoms in total. The largest absolute Gasteiger partial charge is 0.481 e. The zero-order chi connectivity index (χ0) is 31.7. The molecule has 45 heavy (non-hydrogen) atoms. The van der Waals surface area contributed by atoms with Crippen molar-refractivity contribution in [2.75, 3.05) is 54.0 Å². The number of anilines is 3. The van der Waals surface area contributed by atoms with Crippen LogP contribution in [0, 0.1) is 25.2 Å². The summed E-state index contributed by atoms with van der Waals surface area (Å²) in [4.78, 5) is 33.6. The smallest absolute Gasteiger partial charge is 0.307 e. The van der Waals surface area contributed by atoms with Gasteiger partial charge in [-0.3, -0.25) is 9.78 Å². The molecule has 2 aromatic heterocycles. The first-order valence-electron chi connectivity index (χ1n) is 16.6. The number of nitrogens with zero attached hydrogens (tertiary/aromatic N) is 6. The number of benzene rings is 1. The summed E-state index contributed by atoms with van der Waals surface area (Å²) in [6.45, 7) is 14.3. The number of carboxylic acid groups (broad SMARTS) is 1. The monoisotopic (exact) mass is 612 g/mol. The van der Waals surface area contributed by atoms with Crippen LogP contribution in [0.25, 0.3) is 11.1 Å². The van der Waals surface area contributed by atoms with Gasteiger partial charge in [0.25, 0.3) is 0 Å². The Hall–Kier alpha value is -3.72. The van der Waals surface area contributed by atoms with E-state index in [-0.39, 0.29) is 13.0 Å². The van der Waals surface area contributed by atoms with E-state index in [0.29, 0.717) is 11.3 Å². The summed E-state index contributed by atoms with van der Waals surface area (Å²) >= 11 is 0. The van der Waals surface area contributed by atoms with Crippen molar-refractivity contribution < 1.29 is 15.0 Å². The van der Waals surface area contributed by atoms with Crippen LogP contribution < -0.4 is 14.7 Å². The summed E-state index contributed by atoms with van der Waals surface area (Å²) in [6.07, 6.45) is 7.95. The number of fused-ring (bicyclic) bond motifs is 1. The summed E-state index contributed by atoms with van der Waals surface area (Å²) in [6, 6.07) is 8.74. The first kappa shape index (κ1) is 31.3. The van der Waals surface area contributed by atoms with Gasteiger partial charge in [-0.1, -0.05) is 32.0 Å². The third kappa shape index (κ3) is 6.78. The van der Waals surface area contributed by atoms with Gasteiger partial charge in [0.05, 0.1) is 12.1 Å². The molecule has 0 bridgehead atoms. The van der Waals surface area contributed by atoms with Crippen LogP contribution in [0.3, 0.4) is 0 Å². The third-order valence-corrected chi connectivity index (χ3v) is 10.3. The lowest BCUT2D eigenvalue weighted by Crippen LogP contribution is -2.38. The molecule has 0 spiro atoms. The fourth-order valence-corrected chi connectivity index (χ4v) is 7.44. The third-order valence-electron chi connectivity index (χ3n) is 10.3. The zero-order valence-corrected chi connectivity index (χ0v) is 27.3. The van der Waals surface area contributed by atoms with E-state index < -0.39 is 5.97 Å². The molecule has 2 fully saturated rings. The van der Waals surface area contributed by atoms with Crippen molar-refractivity contribution in [3.8, 4) is 11.1 Å². The van der Waals surface area contributed by atoms with Gasteiger partial charge in [-0.05, 0) is 86.5 Å². The second-order valence-corrected chi connectivity index (χ2v) is 14.0. The average Bonchev–Trinajstić information content (AvgIpc) is 3.02. The van der Waals surface area contributed by atoms with Gasteiger partial charge in [0.1, 0.15) is 5.82 Å². The predicted octanol–water partition coefficient (Wildman–Crippen LogP) is 5.57. The zero-order valence-electron chi connectivity index (χ0n) is 27.3. The molecule has 3 aliphatic heterocycles. The van der Waals surface area contributed by atoms with Crippen molar-refractivity contribution in [2.24, 2.45) is 11.3 Å². The molecule has 3 aromatic rings. The molecule has 1 aromatic carbocycles.